The number of fused-ring (bicyclic) bond motifs is 1. The number of nitrogens with one attached hydrogen (secondary N) is 3. The molecule has 4 aromatic rings. The van der Waals surface area contributed by atoms with Crippen LogP contribution >= 0.6 is 0 Å². The van der Waals surface area contributed by atoms with Crippen LogP contribution in [0.1, 0.15) is 64.8 Å². The number of nitrogens with zero attached hydrogens (tertiary/aromatic N) is 3. The molecule has 0 bridgehead atoms. The number of aromatic nitrogens is 3. The van der Waals surface area contributed by atoms with E-state index in [4.69, 9.17) is 20.9 Å². The minimum atomic E-state index is -0.301. The first kappa shape index (κ1) is 35.7. The van der Waals surface area contributed by atoms with Gasteiger partial charge in [-0.3, -0.25) is 9.56 Å². The summed E-state index contributed by atoms with van der Waals surface area (Å²) in [6, 6.07) is 18.3. The highest BCUT2D eigenvalue weighted by molar-refractivity contribution is 5.76. The number of H-pyrrole nitrogens is 1. The van der Waals surface area contributed by atoms with Gasteiger partial charge in [0.15, 0.2) is 5.96 Å². The molecule has 11 nitrogen and oxygen atoms in total. The van der Waals surface area contributed by atoms with E-state index < -0.39 is 0 Å². The first-order valence-corrected chi connectivity index (χ1v) is 16.3. The van der Waals surface area contributed by atoms with Gasteiger partial charge in [-0.05, 0) is 59.8 Å². The van der Waals surface area contributed by atoms with Crippen LogP contribution < -0.4 is 32.5 Å². The molecule has 0 aliphatic carbocycles. The van der Waals surface area contributed by atoms with Crippen molar-refractivity contribution in [3.63, 3.8) is 0 Å². The predicted molar refractivity (Wildman–Crippen MR) is 191 cm³/mol. The Bertz CT molecular complexity index is 1650. The smallest absolute Gasteiger partial charge is 0.354 e. The standard InChI is InChI=1S/C21H29N7O.C15H23NO2/c1-21(2,3)17-11-15-13-28(20(29)27-18(15)26-17)16-7-5-14(6-8-16)12-24-9-4-10-25-19(22)23;1-15(2,3)12-5-4-6-13(9-12)18-11-14-10-16-7-8-17-14/h5-8,11,13,24H,4,9-10,12H2,1-3H3,(H4,22,23,25)(H,26,27,29);4-6,9,14,16H,7-8,10-11H2,1-3H3. The van der Waals surface area contributed by atoms with Crippen molar-refractivity contribution in [2.24, 2.45) is 16.5 Å². The van der Waals surface area contributed by atoms with E-state index in [0.717, 1.165) is 67.3 Å². The largest absolute Gasteiger partial charge is 0.491 e. The van der Waals surface area contributed by atoms with Gasteiger partial charge in [-0.2, -0.15) is 4.98 Å². The second-order valence-electron chi connectivity index (χ2n) is 13.9. The third kappa shape index (κ3) is 10.9. The SMILES string of the molecule is CC(C)(C)c1cc2cn(-c3ccc(CNCCCN=C(N)N)cc3)c(=O)nc2[nH]1.CC(C)(C)c1cccc(OCC2CNCCO2)c1. The Morgan fingerprint density at radius 1 is 1.09 bits per heavy atom. The Morgan fingerprint density at radius 3 is 2.51 bits per heavy atom. The van der Waals surface area contributed by atoms with Crippen molar-refractivity contribution < 1.29 is 9.47 Å². The summed E-state index contributed by atoms with van der Waals surface area (Å²) in [5.41, 5.74) is 15.3. The van der Waals surface area contributed by atoms with Gasteiger partial charge in [-0.1, -0.05) is 65.8 Å². The average molecular weight is 645 g/mol. The lowest BCUT2D eigenvalue weighted by Crippen LogP contribution is -2.41. The number of nitrogens with two attached hydrogens (primary N) is 2. The number of rotatable bonds is 10. The summed E-state index contributed by atoms with van der Waals surface area (Å²) in [4.78, 5) is 23.9. The second-order valence-corrected chi connectivity index (χ2v) is 13.9. The summed E-state index contributed by atoms with van der Waals surface area (Å²) in [7, 11) is 0. The zero-order valence-electron chi connectivity index (χ0n) is 28.7. The molecule has 1 fully saturated rings. The van der Waals surface area contributed by atoms with Gasteiger partial charge in [-0.15, -0.1) is 0 Å². The molecule has 2 aromatic carbocycles. The van der Waals surface area contributed by atoms with E-state index in [2.05, 4.69) is 91.4 Å². The minimum absolute atomic E-state index is 0.0352. The molecule has 1 atom stereocenters. The highest BCUT2D eigenvalue weighted by Crippen LogP contribution is 2.26. The van der Waals surface area contributed by atoms with Gasteiger partial charge < -0.3 is 36.6 Å². The molecule has 47 heavy (non-hydrogen) atoms. The number of morpholine rings is 1. The van der Waals surface area contributed by atoms with E-state index in [-0.39, 0.29) is 28.6 Å². The van der Waals surface area contributed by atoms with Crippen LogP contribution in [0.15, 0.2) is 70.6 Å². The van der Waals surface area contributed by atoms with Gasteiger partial charge in [0.2, 0.25) is 0 Å². The van der Waals surface area contributed by atoms with Crippen molar-refractivity contribution in [1.29, 1.82) is 0 Å². The van der Waals surface area contributed by atoms with Crippen LogP contribution in [0.5, 0.6) is 5.75 Å². The molecule has 1 aliphatic rings. The minimum Gasteiger partial charge on any atom is -0.491 e. The van der Waals surface area contributed by atoms with Gasteiger partial charge in [0.1, 0.15) is 24.1 Å². The quantitative estimate of drug-likeness (QED) is 0.0981. The van der Waals surface area contributed by atoms with Crippen LogP contribution in [0.2, 0.25) is 0 Å². The highest BCUT2D eigenvalue weighted by Gasteiger charge is 2.18. The normalized spacial score (nSPS) is 15.1. The molecule has 0 spiro atoms. The maximum absolute atomic E-state index is 12.5. The van der Waals surface area contributed by atoms with Crippen LogP contribution in [-0.2, 0) is 22.1 Å². The molecule has 1 saturated heterocycles. The van der Waals surface area contributed by atoms with E-state index in [0.29, 0.717) is 18.8 Å². The molecule has 0 saturated carbocycles. The number of hydrogen-bond donors (Lipinski definition) is 5. The Hall–Kier alpha value is -4.19. The fourth-order valence-corrected chi connectivity index (χ4v) is 4.97. The lowest BCUT2D eigenvalue weighted by Gasteiger charge is -2.24. The Balaban J connectivity index is 0.000000238. The zero-order valence-corrected chi connectivity index (χ0v) is 28.7. The average Bonchev–Trinajstić information content (AvgIpc) is 3.46. The van der Waals surface area contributed by atoms with Crippen molar-refractivity contribution in [3.05, 3.63) is 88.1 Å². The lowest BCUT2D eigenvalue weighted by atomic mass is 9.87. The molecule has 1 unspecified atom stereocenters. The van der Waals surface area contributed by atoms with Crippen LogP contribution in [0, 0.1) is 0 Å². The third-order valence-corrected chi connectivity index (χ3v) is 7.81. The number of aromatic amines is 1. The van der Waals surface area contributed by atoms with Gasteiger partial charge in [0.05, 0.1) is 12.3 Å². The molecule has 11 heteroatoms. The summed E-state index contributed by atoms with van der Waals surface area (Å²) < 4.78 is 13.0. The van der Waals surface area contributed by atoms with E-state index in [1.807, 2.05) is 36.5 Å². The van der Waals surface area contributed by atoms with Crippen LogP contribution in [-0.4, -0.2) is 66.0 Å². The van der Waals surface area contributed by atoms with Crippen LogP contribution in [0.3, 0.4) is 0 Å². The monoisotopic (exact) mass is 644 g/mol. The molecular weight excluding hydrogens is 592 g/mol. The number of aliphatic imine (C=N–C) groups is 1. The summed E-state index contributed by atoms with van der Waals surface area (Å²) in [5, 5.41) is 7.57. The van der Waals surface area contributed by atoms with Crippen LogP contribution in [0.4, 0.5) is 0 Å². The predicted octanol–water partition coefficient (Wildman–Crippen LogP) is 4.12. The van der Waals surface area contributed by atoms with E-state index >= 15 is 0 Å². The summed E-state index contributed by atoms with van der Waals surface area (Å²) in [6.45, 7) is 18.4. The van der Waals surface area contributed by atoms with E-state index in [1.54, 1.807) is 4.57 Å². The van der Waals surface area contributed by atoms with Gasteiger partial charge >= 0.3 is 5.69 Å². The first-order chi connectivity index (χ1) is 22.3. The molecule has 0 radical (unpaired) electrons. The third-order valence-electron chi connectivity index (χ3n) is 7.81. The molecule has 3 heterocycles. The molecule has 2 aromatic heterocycles. The zero-order chi connectivity index (χ0) is 34.0. The summed E-state index contributed by atoms with van der Waals surface area (Å²) in [6.07, 6.45) is 2.87. The van der Waals surface area contributed by atoms with Crippen molar-refractivity contribution in [3.8, 4) is 11.4 Å². The number of hydrogen-bond acceptors (Lipinski definition) is 7. The summed E-state index contributed by atoms with van der Waals surface area (Å²) in [5.74, 6) is 1.05. The Labute approximate surface area is 278 Å². The fraction of sp³-hybridized carbons (Fsp3) is 0.472. The molecular formula is C36H52N8O3. The molecule has 0 amide bonds. The number of benzene rings is 2. The molecule has 1 aliphatic heterocycles. The maximum atomic E-state index is 12.5. The topological polar surface area (TPSA) is 158 Å². The van der Waals surface area contributed by atoms with Crippen molar-refractivity contribution in [2.45, 2.75) is 71.4 Å². The van der Waals surface area contributed by atoms with Gasteiger partial charge in [-0.25, -0.2) is 4.79 Å². The Morgan fingerprint density at radius 2 is 1.85 bits per heavy atom. The van der Waals surface area contributed by atoms with Crippen molar-refractivity contribution >= 4 is 17.0 Å². The van der Waals surface area contributed by atoms with Crippen molar-refractivity contribution in [2.75, 3.05) is 39.4 Å². The second kappa shape index (κ2) is 16.1. The highest BCUT2D eigenvalue weighted by atomic mass is 16.5. The maximum Gasteiger partial charge on any atom is 0.354 e. The van der Waals surface area contributed by atoms with E-state index in [9.17, 15) is 4.79 Å². The fourth-order valence-electron chi connectivity index (χ4n) is 4.97. The molecule has 254 valence electrons. The number of guanidine groups is 1. The number of ether oxygens (including phenoxy) is 2. The molecule has 5 rings (SSSR count). The molecule has 7 N–H and O–H groups in total. The van der Waals surface area contributed by atoms with E-state index in [1.165, 1.54) is 5.56 Å². The lowest BCUT2D eigenvalue weighted by molar-refractivity contribution is 0.000170. The van der Waals surface area contributed by atoms with Gasteiger partial charge in [0.25, 0.3) is 0 Å². The van der Waals surface area contributed by atoms with Gasteiger partial charge in [0, 0.05) is 48.9 Å². The van der Waals surface area contributed by atoms with Crippen molar-refractivity contribution in [1.82, 2.24) is 25.2 Å². The summed E-state index contributed by atoms with van der Waals surface area (Å²) >= 11 is 0. The first-order valence-electron chi connectivity index (χ1n) is 16.3. The Kier molecular flexibility index (Phi) is 12.2. The van der Waals surface area contributed by atoms with Crippen LogP contribution in [0.25, 0.3) is 16.7 Å².